The van der Waals surface area contributed by atoms with Crippen LogP contribution < -0.4 is 5.32 Å². The van der Waals surface area contributed by atoms with Crippen LogP contribution in [0.3, 0.4) is 0 Å². The zero-order valence-corrected chi connectivity index (χ0v) is 13.0. The molecule has 0 aliphatic heterocycles. The summed E-state index contributed by atoms with van der Waals surface area (Å²) in [7, 11) is 4.01. The standard InChI is InChI=1S/C13H30N2OS/c1-6-8-14-9-13(10-16-4)15(3)12(7-2)11-17-5/h12-14H,6-11H2,1-5H3. The summed E-state index contributed by atoms with van der Waals surface area (Å²) in [5.74, 6) is 1.20. The van der Waals surface area contributed by atoms with Crippen molar-refractivity contribution in [1.82, 2.24) is 10.2 Å². The van der Waals surface area contributed by atoms with Gasteiger partial charge in [0.15, 0.2) is 0 Å². The van der Waals surface area contributed by atoms with E-state index in [9.17, 15) is 0 Å². The number of methoxy groups -OCH3 is 1. The average Bonchev–Trinajstić information content (AvgIpc) is 2.34. The number of nitrogens with one attached hydrogen (secondary N) is 1. The van der Waals surface area contributed by atoms with Gasteiger partial charge >= 0.3 is 0 Å². The Hall–Kier alpha value is 0.230. The van der Waals surface area contributed by atoms with Crippen molar-refractivity contribution in [2.24, 2.45) is 0 Å². The monoisotopic (exact) mass is 262 g/mol. The fraction of sp³-hybridized carbons (Fsp3) is 1.00. The van der Waals surface area contributed by atoms with Gasteiger partial charge in [-0.25, -0.2) is 0 Å². The molecule has 17 heavy (non-hydrogen) atoms. The van der Waals surface area contributed by atoms with Gasteiger partial charge in [0.25, 0.3) is 0 Å². The van der Waals surface area contributed by atoms with Gasteiger partial charge in [-0.2, -0.15) is 11.8 Å². The summed E-state index contributed by atoms with van der Waals surface area (Å²) in [5, 5.41) is 3.49. The van der Waals surface area contributed by atoms with E-state index in [1.54, 1.807) is 7.11 Å². The fourth-order valence-corrected chi connectivity index (χ4v) is 2.83. The van der Waals surface area contributed by atoms with Gasteiger partial charge in [0.05, 0.1) is 6.61 Å². The third-order valence-corrected chi connectivity index (χ3v) is 3.87. The van der Waals surface area contributed by atoms with E-state index in [-0.39, 0.29) is 0 Å². The van der Waals surface area contributed by atoms with Gasteiger partial charge in [0.2, 0.25) is 0 Å². The zero-order valence-electron chi connectivity index (χ0n) is 12.2. The topological polar surface area (TPSA) is 24.5 Å². The van der Waals surface area contributed by atoms with E-state index >= 15 is 0 Å². The third-order valence-electron chi connectivity index (χ3n) is 3.15. The van der Waals surface area contributed by atoms with E-state index in [1.807, 2.05) is 11.8 Å². The molecule has 0 aliphatic carbocycles. The van der Waals surface area contributed by atoms with Crippen LogP contribution in [0.15, 0.2) is 0 Å². The van der Waals surface area contributed by atoms with Gasteiger partial charge in [-0.1, -0.05) is 13.8 Å². The maximum Gasteiger partial charge on any atom is 0.0630 e. The van der Waals surface area contributed by atoms with E-state index in [2.05, 4.69) is 37.4 Å². The second kappa shape index (κ2) is 11.3. The summed E-state index contributed by atoms with van der Waals surface area (Å²) < 4.78 is 5.34. The molecule has 0 spiro atoms. The molecule has 0 bridgehead atoms. The molecule has 0 amide bonds. The summed E-state index contributed by atoms with van der Waals surface area (Å²) >= 11 is 1.92. The quantitative estimate of drug-likeness (QED) is 0.576. The van der Waals surface area contributed by atoms with Crippen molar-refractivity contribution >= 4 is 11.8 Å². The summed E-state index contributed by atoms with van der Waals surface area (Å²) in [4.78, 5) is 2.47. The first-order valence-electron chi connectivity index (χ1n) is 6.61. The first kappa shape index (κ1) is 17.2. The highest BCUT2D eigenvalue weighted by molar-refractivity contribution is 7.98. The van der Waals surface area contributed by atoms with Gasteiger partial charge in [-0.3, -0.25) is 4.90 Å². The van der Waals surface area contributed by atoms with Crippen LogP contribution in [0, 0.1) is 0 Å². The lowest BCUT2D eigenvalue weighted by molar-refractivity contribution is 0.0840. The molecule has 0 fully saturated rings. The largest absolute Gasteiger partial charge is 0.383 e. The van der Waals surface area contributed by atoms with Crippen LogP contribution in [0.25, 0.3) is 0 Å². The molecule has 0 aromatic heterocycles. The molecular weight excluding hydrogens is 232 g/mol. The van der Waals surface area contributed by atoms with Crippen LogP contribution in [-0.4, -0.2) is 62.8 Å². The molecule has 0 aromatic rings. The molecule has 104 valence electrons. The Kier molecular flexibility index (Phi) is 11.5. The van der Waals surface area contributed by atoms with E-state index < -0.39 is 0 Å². The normalized spacial score (nSPS) is 15.2. The Morgan fingerprint density at radius 2 is 2.00 bits per heavy atom. The number of thioether (sulfide) groups is 1. The van der Waals surface area contributed by atoms with Crippen molar-refractivity contribution in [2.45, 2.75) is 38.8 Å². The highest BCUT2D eigenvalue weighted by Gasteiger charge is 2.20. The number of nitrogens with zero attached hydrogens (tertiary/aromatic N) is 1. The first-order valence-corrected chi connectivity index (χ1v) is 8.01. The number of rotatable bonds is 11. The molecule has 4 heteroatoms. The molecule has 2 unspecified atom stereocenters. The van der Waals surface area contributed by atoms with E-state index in [1.165, 1.54) is 18.6 Å². The lowest BCUT2D eigenvalue weighted by Crippen LogP contribution is -2.48. The second-order valence-electron chi connectivity index (χ2n) is 4.50. The number of likely N-dealkylation sites (N-methyl/N-ethyl adjacent to an activating group) is 1. The second-order valence-corrected chi connectivity index (χ2v) is 5.41. The SMILES string of the molecule is CCCNCC(COC)N(C)C(CC)CSC. The Morgan fingerprint density at radius 3 is 2.47 bits per heavy atom. The Morgan fingerprint density at radius 1 is 1.29 bits per heavy atom. The van der Waals surface area contributed by atoms with Gasteiger partial charge in [-0.15, -0.1) is 0 Å². The predicted molar refractivity (Wildman–Crippen MR) is 79.0 cm³/mol. The van der Waals surface area contributed by atoms with Crippen LogP contribution in [-0.2, 0) is 4.74 Å². The minimum Gasteiger partial charge on any atom is -0.383 e. The van der Waals surface area contributed by atoms with E-state index in [4.69, 9.17) is 4.74 Å². The van der Waals surface area contributed by atoms with Crippen molar-refractivity contribution in [3.05, 3.63) is 0 Å². The Labute approximate surface area is 112 Å². The van der Waals surface area contributed by atoms with Gasteiger partial charge in [-0.05, 0) is 32.7 Å². The van der Waals surface area contributed by atoms with Crippen molar-refractivity contribution in [2.75, 3.05) is 45.9 Å². The lowest BCUT2D eigenvalue weighted by Gasteiger charge is -2.34. The molecule has 0 rings (SSSR count). The minimum absolute atomic E-state index is 0.476. The molecule has 0 radical (unpaired) electrons. The smallest absolute Gasteiger partial charge is 0.0630 e. The van der Waals surface area contributed by atoms with Crippen molar-refractivity contribution in [3.63, 3.8) is 0 Å². The molecule has 0 aliphatic rings. The summed E-state index contributed by atoms with van der Waals surface area (Å²) in [6.45, 7) is 7.37. The van der Waals surface area contributed by atoms with Crippen LogP contribution in [0.1, 0.15) is 26.7 Å². The van der Waals surface area contributed by atoms with Gasteiger partial charge in [0, 0.05) is 31.5 Å². The molecule has 0 aromatic carbocycles. The Balaban J connectivity index is 4.22. The molecule has 0 saturated heterocycles. The molecule has 0 saturated carbocycles. The number of ether oxygens (including phenoxy) is 1. The Bertz CT molecular complexity index is 169. The van der Waals surface area contributed by atoms with Crippen molar-refractivity contribution in [1.29, 1.82) is 0 Å². The molecule has 1 N–H and O–H groups in total. The summed E-state index contributed by atoms with van der Waals surface area (Å²) in [6, 6.07) is 1.12. The summed E-state index contributed by atoms with van der Waals surface area (Å²) in [5.41, 5.74) is 0. The fourth-order valence-electron chi connectivity index (χ4n) is 1.97. The predicted octanol–water partition coefficient (Wildman–Crippen LogP) is 2.07. The minimum atomic E-state index is 0.476. The molecule has 0 heterocycles. The maximum absolute atomic E-state index is 5.34. The molecule has 3 nitrogen and oxygen atoms in total. The van der Waals surface area contributed by atoms with Crippen LogP contribution >= 0.6 is 11.8 Å². The zero-order chi connectivity index (χ0) is 13.1. The van der Waals surface area contributed by atoms with E-state index in [0.29, 0.717) is 12.1 Å². The van der Waals surface area contributed by atoms with E-state index in [0.717, 1.165) is 19.7 Å². The average molecular weight is 262 g/mol. The highest BCUT2D eigenvalue weighted by Crippen LogP contribution is 2.11. The molecule has 2 atom stereocenters. The van der Waals surface area contributed by atoms with Crippen molar-refractivity contribution < 1.29 is 4.74 Å². The first-order chi connectivity index (χ1) is 8.21. The highest BCUT2D eigenvalue weighted by atomic mass is 32.2. The summed E-state index contributed by atoms with van der Waals surface area (Å²) in [6.07, 6.45) is 4.56. The number of hydrogen-bond donors (Lipinski definition) is 1. The molecular formula is C13H30N2OS. The lowest BCUT2D eigenvalue weighted by atomic mass is 10.1. The van der Waals surface area contributed by atoms with Gasteiger partial charge in [0.1, 0.15) is 0 Å². The van der Waals surface area contributed by atoms with Crippen LogP contribution in [0.2, 0.25) is 0 Å². The van der Waals surface area contributed by atoms with Gasteiger partial charge < -0.3 is 10.1 Å². The number of hydrogen-bond acceptors (Lipinski definition) is 4. The van der Waals surface area contributed by atoms with Crippen LogP contribution in [0.4, 0.5) is 0 Å². The third kappa shape index (κ3) is 7.29. The maximum atomic E-state index is 5.34. The van der Waals surface area contributed by atoms with Crippen molar-refractivity contribution in [3.8, 4) is 0 Å². The van der Waals surface area contributed by atoms with Crippen LogP contribution in [0.5, 0.6) is 0 Å².